The summed E-state index contributed by atoms with van der Waals surface area (Å²) < 4.78 is 0.952. The second-order valence-electron chi connectivity index (χ2n) is 3.36. The molecule has 1 unspecified atom stereocenters. The van der Waals surface area contributed by atoms with E-state index in [4.69, 9.17) is 0 Å². The molecule has 0 bridgehead atoms. The number of hydrazone groups is 1. The fourth-order valence-corrected chi connectivity index (χ4v) is 2.20. The minimum absolute atomic E-state index is 0.233. The molecular formula is C10H11BrN2O. The van der Waals surface area contributed by atoms with Gasteiger partial charge in [0.1, 0.15) is 10.4 Å². The SMILES string of the molecule is CN1N=C(Br)CC1c1cccc(O)c1. The maximum absolute atomic E-state index is 9.36. The summed E-state index contributed by atoms with van der Waals surface area (Å²) >= 11 is 3.38. The summed E-state index contributed by atoms with van der Waals surface area (Å²) in [5.41, 5.74) is 1.09. The van der Waals surface area contributed by atoms with Crippen molar-refractivity contribution >= 4 is 20.6 Å². The highest BCUT2D eigenvalue weighted by Gasteiger charge is 2.23. The zero-order chi connectivity index (χ0) is 10.1. The first-order chi connectivity index (χ1) is 6.66. The zero-order valence-electron chi connectivity index (χ0n) is 7.81. The van der Waals surface area contributed by atoms with Crippen LogP contribution < -0.4 is 0 Å². The highest BCUT2D eigenvalue weighted by atomic mass is 79.9. The molecule has 1 N–H and O–H groups in total. The van der Waals surface area contributed by atoms with E-state index in [1.54, 1.807) is 12.1 Å². The van der Waals surface area contributed by atoms with Crippen molar-refractivity contribution in [2.45, 2.75) is 12.5 Å². The highest BCUT2D eigenvalue weighted by molar-refractivity contribution is 9.18. The molecule has 0 amide bonds. The lowest BCUT2D eigenvalue weighted by Gasteiger charge is -2.18. The molecule has 0 saturated carbocycles. The first kappa shape index (κ1) is 9.52. The van der Waals surface area contributed by atoms with E-state index in [0.29, 0.717) is 5.75 Å². The zero-order valence-corrected chi connectivity index (χ0v) is 9.40. The van der Waals surface area contributed by atoms with Crippen molar-refractivity contribution in [1.82, 2.24) is 5.01 Å². The number of aromatic hydroxyl groups is 1. The van der Waals surface area contributed by atoms with Crippen LogP contribution in [0.25, 0.3) is 0 Å². The molecule has 0 saturated heterocycles. The number of phenols is 1. The number of hydrogen-bond acceptors (Lipinski definition) is 3. The number of phenolic OH excluding ortho intramolecular Hbond substituents is 1. The summed E-state index contributed by atoms with van der Waals surface area (Å²) in [6.45, 7) is 0. The van der Waals surface area contributed by atoms with Gasteiger partial charge in [-0.05, 0) is 33.6 Å². The number of halogens is 1. The van der Waals surface area contributed by atoms with Crippen LogP contribution >= 0.6 is 15.9 Å². The average Bonchev–Trinajstić information content (AvgIpc) is 2.45. The Hall–Kier alpha value is -1.03. The van der Waals surface area contributed by atoms with Gasteiger partial charge in [0.2, 0.25) is 0 Å². The third-order valence-corrected chi connectivity index (χ3v) is 2.82. The lowest BCUT2D eigenvalue weighted by Crippen LogP contribution is -2.13. The van der Waals surface area contributed by atoms with Crippen LogP contribution in [-0.4, -0.2) is 21.8 Å². The summed E-state index contributed by atoms with van der Waals surface area (Å²) in [7, 11) is 1.93. The molecule has 74 valence electrons. The standard InChI is InChI=1S/C10H11BrN2O/c1-13-9(6-10(11)12-13)7-3-2-4-8(14)5-7/h2-5,9,14H,6H2,1H3. The van der Waals surface area contributed by atoms with Gasteiger partial charge in [-0.2, -0.15) is 5.10 Å². The summed E-state index contributed by atoms with van der Waals surface area (Å²) in [6.07, 6.45) is 0.861. The maximum Gasteiger partial charge on any atom is 0.115 e. The van der Waals surface area contributed by atoms with Crippen LogP contribution in [0.4, 0.5) is 0 Å². The Balaban J connectivity index is 2.25. The third-order valence-electron chi connectivity index (χ3n) is 2.33. The minimum atomic E-state index is 0.233. The van der Waals surface area contributed by atoms with E-state index in [1.807, 2.05) is 24.2 Å². The molecule has 1 heterocycles. The van der Waals surface area contributed by atoms with E-state index in [9.17, 15) is 5.11 Å². The molecule has 3 nitrogen and oxygen atoms in total. The Morgan fingerprint density at radius 3 is 2.93 bits per heavy atom. The van der Waals surface area contributed by atoms with Crippen LogP contribution in [0.3, 0.4) is 0 Å². The molecule has 4 heteroatoms. The van der Waals surface area contributed by atoms with Gasteiger partial charge in [-0.25, -0.2) is 0 Å². The molecule has 0 aromatic heterocycles. The fraction of sp³-hybridized carbons (Fsp3) is 0.300. The molecule has 1 aliphatic heterocycles. The highest BCUT2D eigenvalue weighted by Crippen LogP contribution is 2.31. The van der Waals surface area contributed by atoms with Crippen molar-refractivity contribution in [3.8, 4) is 5.75 Å². The summed E-state index contributed by atoms with van der Waals surface area (Å²) in [4.78, 5) is 0. The smallest absolute Gasteiger partial charge is 0.115 e. The van der Waals surface area contributed by atoms with Crippen LogP contribution in [0.1, 0.15) is 18.0 Å². The molecule has 14 heavy (non-hydrogen) atoms. The van der Waals surface area contributed by atoms with Gasteiger partial charge in [-0.1, -0.05) is 12.1 Å². The topological polar surface area (TPSA) is 35.8 Å². The predicted octanol–water partition coefficient (Wildman–Crippen LogP) is 2.48. The number of benzene rings is 1. The first-order valence-corrected chi connectivity index (χ1v) is 5.21. The predicted molar refractivity (Wildman–Crippen MR) is 59.6 cm³/mol. The van der Waals surface area contributed by atoms with Crippen molar-refractivity contribution in [2.75, 3.05) is 7.05 Å². The van der Waals surface area contributed by atoms with Gasteiger partial charge in [0.25, 0.3) is 0 Å². The summed E-state index contributed by atoms with van der Waals surface area (Å²) in [5, 5.41) is 15.5. The van der Waals surface area contributed by atoms with E-state index in [0.717, 1.165) is 16.6 Å². The molecule has 0 radical (unpaired) electrons. The van der Waals surface area contributed by atoms with Gasteiger partial charge in [0.05, 0.1) is 6.04 Å². The Bertz CT molecular complexity index is 378. The van der Waals surface area contributed by atoms with Crippen LogP contribution in [-0.2, 0) is 0 Å². The van der Waals surface area contributed by atoms with E-state index in [1.165, 1.54) is 0 Å². The van der Waals surface area contributed by atoms with Gasteiger partial charge in [0.15, 0.2) is 0 Å². The molecule has 1 aromatic carbocycles. The van der Waals surface area contributed by atoms with Crippen molar-refractivity contribution in [3.63, 3.8) is 0 Å². The minimum Gasteiger partial charge on any atom is -0.508 e. The molecule has 1 aromatic rings. The average molecular weight is 255 g/mol. The van der Waals surface area contributed by atoms with E-state index >= 15 is 0 Å². The summed E-state index contributed by atoms with van der Waals surface area (Å²) in [6, 6.07) is 7.54. The second kappa shape index (κ2) is 3.61. The quantitative estimate of drug-likeness (QED) is 0.836. The van der Waals surface area contributed by atoms with Crippen LogP contribution in [0.15, 0.2) is 29.4 Å². The van der Waals surface area contributed by atoms with Crippen LogP contribution in [0.5, 0.6) is 5.75 Å². The van der Waals surface area contributed by atoms with Crippen molar-refractivity contribution in [2.24, 2.45) is 5.10 Å². The fourth-order valence-electron chi connectivity index (χ4n) is 1.64. The molecule has 0 aliphatic carbocycles. The van der Waals surface area contributed by atoms with Gasteiger partial charge in [0, 0.05) is 13.5 Å². The van der Waals surface area contributed by atoms with Crippen molar-refractivity contribution in [3.05, 3.63) is 29.8 Å². The van der Waals surface area contributed by atoms with Crippen LogP contribution in [0, 0.1) is 0 Å². The van der Waals surface area contributed by atoms with E-state index < -0.39 is 0 Å². The molecule has 0 fully saturated rings. The number of rotatable bonds is 1. The molecular weight excluding hydrogens is 244 g/mol. The lowest BCUT2D eigenvalue weighted by molar-refractivity contribution is 0.289. The molecule has 0 spiro atoms. The Morgan fingerprint density at radius 1 is 1.57 bits per heavy atom. The van der Waals surface area contributed by atoms with Gasteiger partial charge in [-0.3, -0.25) is 5.01 Å². The molecule has 1 atom stereocenters. The van der Waals surface area contributed by atoms with Gasteiger partial charge < -0.3 is 5.11 Å². The third kappa shape index (κ3) is 1.75. The Labute approximate surface area is 91.2 Å². The maximum atomic E-state index is 9.36. The van der Waals surface area contributed by atoms with Gasteiger partial charge in [-0.15, -0.1) is 0 Å². The largest absolute Gasteiger partial charge is 0.508 e. The normalized spacial score (nSPS) is 21.1. The van der Waals surface area contributed by atoms with E-state index in [-0.39, 0.29) is 6.04 Å². The first-order valence-electron chi connectivity index (χ1n) is 4.41. The van der Waals surface area contributed by atoms with Crippen molar-refractivity contribution in [1.29, 1.82) is 0 Å². The second-order valence-corrected chi connectivity index (χ2v) is 4.28. The van der Waals surface area contributed by atoms with Crippen molar-refractivity contribution < 1.29 is 5.11 Å². The number of nitrogens with zero attached hydrogens (tertiary/aromatic N) is 2. The van der Waals surface area contributed by atoms with Gasteiger partial charge >= 0.3 is 0 Å². The molecule has 2 rings (SSSR count). The summed E-state index contributed by atoms with van der Waals surface area (Å²) in [5.74, 6) is 0.305. The monoisotopic (exact) mass is 254 g/mol. The number of hydrogen-bond donors (Lipinski definition) is 1. The Morgan fingerprint density at radius 2 is 2.36 bits per heavy atom. The lowest BCUT2D eigenvalue weighted by atomic mass is 10.0. The van der Waals surface area contributed by atoms with E-state index in [2.05, 4.69) is 21.0 Å². The van der Waals surface area contributed by atoms with Crippen LogP contribution in [0.2, 0.25) is 0 Å². The Kier molecular flexibility index (Phi) is 2.46. The molecule has 1 aliphatic rings.